The standard InChI is InChI=1S/C10H18O2.H5P3/c1-3-4-5-6-7-8-9(2)10(11)12;1-3-2/h3,9H,1,4-8H2,2H3,(H,11,12);3H,1-2H2/t9-;/m0./s1. The van der Waals surface area contributed by atoms with Gasteiger partial charge in [-0.15, -0.1) is 24.4 Å². The van der Waals surface area contributed by atoms with E-state index in [1.165, 1.54) is 0 Å². The molecule has 0 saturated carbocycles. The second-order valence-corrected chi connectivity index (χ2v) is 7.67. The first-order chi connectivity index (χ1) is 7.09. The van der Waals surface area contributed by atoms with Gasteiger partial charge in [0.1, 0.15) is 0 Å². The molecule has 2 unspecified atom stereocenters. The van der Waals surface area contributed by atoms with Gasteiger partial charge in [0.15, 0.2) is 0 Å². The highest BCUT2D eigenvalue weighted by Gasteiger charge is 2.08. The van der Waals surface area contributed by atoms with Gasteiger partial charge < -0.3 is 5.11 Å². The molecule has 0 saturated heterocycles. The van der Waals surface area contributed by atoms with Crippen LogP contribution in [0, 0.1) is 5.92 Å². The minimum atomic E-state index is -0.682. The molecular weight excluding hydrogens is 245 g/mol. The van der Waals surface area contributed by atoms with Crippen LogP contribution in [0.3, 0.4) is 0 Å². The molecule has 0 aromatic carbocycles. The van der Waals surface area contributed by atoms with E-state index in [2.05, 4.69) is 24.4 Å². The Bertz CT molecular complexity index is 163. The fourth-order valence-corrected chi connectivity index (χ4v) is 1.04. The third-order valence-electron chi connectivity index (χ3n) is 1.97. The first-order valence-corrected chi connectivity index (χ1v) is 9.71. The maximum atomic E-state index is 10.4. The molecule has 0 aliphatic carbocycles. The van der Waals surface area contributed by atoms with Crippen LogP contribution in [-0.2, 0) is 4.79 Å². The summed E-state index contributed by atoms with van der Waals surface area (Å²) in [6, 6.07) is 0. The van der Waals surface area contributed by atoms with Gasteiger partial charge in [-0.2, -0.15) is 0 Å². The van der Waals surface area contributed by atoms with Crippen molar-refractivity contribution in [3.8, 4) is 0 Å². The molecule has 0 aliphatic heterocycles. The topological polar surface area (TPSA) is 37.3 Å². The molecule has 0 bridgehead atoms. The Morgan fingerprint density at radius 3 is 2.40 bits per heavy atom. The van der Waals surface area contributed by atoms with Gasteiger partial charge in [-0.05, 0) is 19.3 Å². The third-order valence-corrected chi connectivity index (χ3v) is 1.97. The minimum absolute atomic E-state index is 0.186. The van der Waals surface area contributed by atoms with Gasteiger partial charge in [-0.25, -0.2) is 0 Å². The summed E-state index contributed by atoms with van der Waals surface area (Å²) in [5, 5.41) is 8.57. The van der Waals surface area contributed by atoms with Crippen LogP contribution in [0.5, 0.6) is 0 Å². The first-order valence-electron chi connectivity index (χ1n) is 5.10. The van der Waals surface area contributed by atoms with E-state index in [1.54, 1.807) is 6.92 Å². The van der Waals surface area contributed by atoms with E-state index in [-0.39, 0.29) is 5.92 Å². The molecule has 0 aromatic heterocycles. The van der Waals surface area contributed by atoms with Crippen LogP contribution in [0.4, 0.5) is 0 Å². The Balaban J connectivity index is 0. The monoisotopic (exact) mass is 268 g/mol. The van der Waals surface area contributed by atoms with Gasteiger partial charge in [-0.3, -0.25) is 4.79 Å². The van der Waals surface area contributed by atoms with Gasteiger partial charge in [0, 0.05) is 0 Å². The number of rotatable bonds is 7. The second kappa shape index (κ2) is 14.5. The molecule has 15 heavy (non-hydrogen) atoms. The second-order valence-electron chi connectivity index (χ2n) is 3.33. The van der Waals surface area contributed by atoms with Crippen molar-refractivity contribution >= 4 is 31.8 Å². The van der Waals surface area contributed by atoms with E-state index in [0.717, 1.165) is 40.1 Å². The zero-order valence-electron chi connectivity index (χ0n) is 9.41. The summed E-state index contributed by atoms with van der Waals surface area (Å²) in [7, 11) is 6.06. The van der Waals surface area contributed by atoms with E-state index in [9.17, 15) is 4.79 Å². The van der Waals surface area contributed by atoms with Crippen molar-refractivity contribution < 1.29 is 9.90 Å². The lowest BCUT2D eigenvalue weighted by molar-refractivity contribution is -0.141. The van der Waals surface area contributed by atoms with Crippen LogP contribution in [0.15, 0.2) is 12.7 Å². The van der Waals surface area contributed by atoms with E-state index in [1.807, 2.05) is 6.08 Å². The fraction of sp³-hybridized carbons (Fsp3) is 0.700. The summed E-state index contributed by atoms with van der Waals surface area (Å²) in [6.45, 7) is 5.39. The highest BCUT2D eigenvalue weighted by Crippen LogP contribution is 2.28. The van der Waals surface area contributed by atoms with Gasteiger partial charge >= 0.3 is 5.97 Å². The average molecular weight is 268 g/mol. The molecule has 90 valence electrons. The van der Waals surface area contributed by atoms with Crippen molar-refractivity contribution in [3.63, 3.8) is 0 Å². The molecule has 5 heteroatoms. The molecule has 2 nitrogen and oxygen atoms in total. The van der Waals surface area contributed by atoms with Crippen LogP contribution >= 0.6 is 25.8 Å². The maximum absolute atomic E-state index is 10.4. The Kier molecular flexibility index (Phi) is 17.3. The van der Waals surface area contributed by atoms with Gasteiger partial charge in [0.25, 0.3) is 0 Å². The number of aliphatic carboxylic acids is 1. The summed E-state index contributed by atoms with van der Waals surface area (Å²) in [4.78, 5) is 10.4. The molecule has 0 fully saturated rings. The number of hydrogen-bond acceptors (Lipinski definition) is 1. The molecular formula is C10H23O2P3. The van der Waals surface area contributed by atoms with Crippen LogP contribution in [0.25, 0.3) is 0 Å². The zero-order chi connectivity index (χ0) is 12.1. The number of unbranched alkanes of at least 4 members (excludes halogenated alkanes) is 3. The SMILES string of the molecule is C=CCCCCC[C@H](C)C(=O)O.PPP. The molecule has 0 radical (unpaired) electrons. The number of carboxylic acid groups (broad SMARTS) is 1. The molecule has 0 spiro atoms. The normalized spacial score (nSPS) is 11.1. The lowest BCUT2D eigenvalue weighted by atomic mass is 10.0. The van der Waals surface area contributed by atoms with E-state index in [0.29, 0.717) is 0 Å². The number of hydrogen-bond donors (Lipinski definition) is 1. The van der Waals surface area contributed by atoms with Crippen molar-refractivity contribution in [3.05, 3.63) is 12.7 Å². The molecule has 3 atom stereocenters. The maximum Gasteiger partial charge on any atom is 0.306 e. The summed E-state index contributed by atoms with van der Waals surface area (Å²) in [5.74, 6) is -0.868. The van der Waals surface area contributed by atoms with E-state index in [4.69, 9.17) is 5.11 Å². The van der Waals surface area contributed by atoms with Crippen LogP contribution in [0.1, 0.15) is 39.0 Å². The lowest BCUT2D eigenvalue weighted by Gasteiger charge is -2.04. The molecule has 0 aromatic rings. The summed E-state index contributed by atoms with van der Waals surface area (Å²) in [6.07, 6.45) is 7.01. The largest absolute Gasteiger partial charge is 0.481 e. The zero-order valence-corrected chi connectivity index (χ0v) is 12.7. The van der Waals surface area contributed by atoms with Crippen LogP contribution in [-0.4, -0.2) is 11.1 Å². The molecule has 1 N–H and O–H groups in total. The van der Waals surface area contributed by atoms with Gasteiger partial charge in [-0.1, -0.05) is 33.8 Å². The quantitative estimate of drug-likeness (QED) is 0.429. The van der Waals surface area contributed by atoms with Gasteiger partial charge in [0.05, 0.1) is 5.92 Å². The van der Waals surface area contributed by atoms with Crippen molar-refractivity contribution in [2.45, 2.75) is 39.0 Å². The van der Waals surface area contributed by atoms with Crippen LogP contribution in [0.2, 0.25) is 0 Å². The Morgan fingerprint density at radius 2 is 2.00 bits per heavy atom. The van der Waals surface area contributed by atoms with Crippen molar-refractivity contribution in [1.29, 1.82) is 0 Å². The highest BCUT2D eigenvalue weighted by molar-refractivity contribution is 8.33. The van der Waals surface area contributed by atoms with Crippen LogP contribution < -0.4 is 0 Å². The molecule has 0 rings (SSSR count). The Hall–Kier alpha value is 0.500. The Morgan fingerprint density at radius 1 is 1.47 bits per heavy atom. The minimum Gasteiger partial charge on any atom is -0.481 e. The average Bonchev–Trinajstić information content (AvgIpc) is 2.18. The highest BCUT2D eigenvalue weighted by atomic mass is 32.4. The van der Waals surface area contributed by atoms with Crippen molar-refractivity contribution in [2.24, 2.45) is 5.92 Å². The number of allylic oxidation sites excluding steroid dienone is 1. The predicted molar refractivity (Wildman–Crippen MR) is 77.8 cm³/mol. The third kappa shape index (κ3) is 17.1. The smallest absolute Gasteiger partial charge is 0.306 e. The van der Waals surface area contributed by atoms with Crippen molar-refractivity contribution in [2.75, 3.05) is 0 Å². The van der Waals surface area contributed by atoms with Gasteiger partial charge in [0.2, 0.25) is 0 Å². The number of carbonyl (C=O) groups is 1. The summed E-state index contributed by atoms with van der Waals surface area (Å²) in [5.41, 5.74) is 0. The number of carboxylic acids is 1. The fourth-order valence-electron chi connectivity index (χ4n) is 1.04. The molecule has 0 amide bonds. The van der Waals surface area contributed by atoms with E-state index >= 15 is 0 Å². The predicted octanol–water partition coefficient (Wildman–Crippen LogP) is 4.09. The molecule has 0 aliphatic rings. The van der Waals surface area contributed by atoms with E-state index < -0.39 is 5.97 Å². The summed E-state index contributed by atoms with van der Waals surface area (Å²) >= 11 is 0. The lowest BCUT2D eigenvalue weighted by Crippen LogP contribution is -2.08. The Labute approximate surface area is 99.7 Å². The summed E-state index contributed by atoms with van der Waals surface area (Å²) < 4.78 is 0. The van der Waals surface area contributed by atoms with Crippen molar-refractivity contribution in [1.82, 2.24) is 0 Å². The first kappa shape index (κ1) is 17.9. The molecule has 0 heterocycles.